The number of hydrazine groups is 1. The average Bonchev–Trinajstić information content (AvgIpc) is 3.25. The van der Waals surface area contributed by atoms with E-state index in [1.54, 1.807) is 24.3 Å². The number of amides is 2. The molecule has 1 aliphatic heterocycles. The maximum absolute atomic E-state index is 12.2. The molecule has 8 nitrogen and oxygen atoms in total. The van der Waals surface area contributed by atoms with E-state index in [0.29, 0.717) is 23.0 Å². The average molecular weight is 394 g/mol. The van der Waals surface area contributed by atoms with Gasteiger partial charge in [-0.25, -0.2) is 0 Å². The van der Waals surface area contributed by atoms with E-state index < -0.39 is 17.9 Å². The topological polar surface area (TPSA) is 99.0 Å². The van der Waals surface area contributed by atoms with Gasteiger partial charge in [0.25, 0.3) is 5.91 Å². The third-order valence-electron chi connectivity index (χ3n) is 4.11. The number of furan rings is 1. The number of hydrogen-bond acceptors (Lipinski definition) is 6. The summed E-state index contributed by atoms with van der Waals surface area (Å²) in [6.45, 7) is 0.219. The molecule has 0 bridgehead atoms. The highest BCUT2D eigenvalue weighted by molar-refractivity contribution is 5.93. The summed E-state index contributed by atoms with van der Waals surface area (Å²) in [5.74, 6) is 1.13. The molecule has 148 valence electrons. The molecule has 1 atom stereocenters. The molecule has 1 unspecified atom stereocenters. The Kier molecular flexibility index (Phi) is 5.33. The van der Waals surface area contributed by atoms with E-state index in [4.69, 9.17) is 18.6 Å². The van der Waals surface area contributed by atoms with Crippen LogP contribution in [-0.2, 0) is 11.4 Å². The molecule has 0 saturated heterocycles. The van der Waals surface area contributed by atoms with Crippen molar-refractivity contribution in [3.05, 3.63) is 78.3 Å². The Hall–Kier alpha value is -3.94. The number of benzene rings is 2. The SMILES string of the molecule is O=C(NNC(=O)C1COc2ccccc2O1)c1ccc(COc2ccccc2)o1. The van der Waals surface area contributed by atoms with Gasteiger partial charge in [-0.2, -0.15) is 0 Å². The predicted octanol–water partition coefficient (Wildman–Crippen LogP) is 2.46. The van der Waals surface area contributed by atoms with Crippen molar-refractivity contribution in [3.63, 3.8) is 0 Å². The van der Waals surface area contributed by atoms with Gasteiger partial charge in [0.1, 0.15) is 24.7 Å². The summed E-state index contributed by atoms with van der Waals surface area (Å²) in [4.78, 5) is 24.4. The zero-order valence-electron chi connectivity index (χ0n) is 15.3. The summed E-state index contributed by atoms with van der Waals surface area (Å²) in [6.07, 6.45) is -0.878. The Balaban J connectivity index is 1.27. The Morgan fingerprint density at radius 3 is 2.52 bits per heavy atom. The van der Waals surface area contributed by atoms with Crippen molar-refractivity contribution in [1.29, 1.82) is 0 Å². The molecule has 2 aromatic carbocycles. The third kappa shape index (κ3) is 4.49. The van der Waals surface area contributed by atoms with Crippen molar-refractivity contribution in [1.82, 2.24) is 10.9 Å². The number of carbonyl (C=O) groups excluding carboxylic acids is 2. The largest absolute Gasteiger partial charge is 0.486 e. The van der Waals surface area contributed by atoms with Gasteiger partial charge in [-0.3, -0.25) is 20.4 Å². The summed E-state index contributed by atoms with van der Waals surface area (Å²) in [5.41, 5.74) is 4.61. The highest BCUT2D eigenvalue weighted by atomic mass is 16.6. The van der Waals surface area contributed by atoms with E-state index >= 15 is 0 Å². The van der Waals surface area contributed by atoms with Gasteiger partial charge in [0.05, 0.1) is 0 Å². The van der Waals surface area contributed by atoms with Crippen LogP contribution in [0.1, 0.15) is 16.3 Å². The van der Waals surface area contributed by atoms with E-state index in [9.17, 15) is 9.59 Å². The lowest BCUT2D eigenvalue weighted by molar-refractivity contribution is -0.131. The Morgan fingerprint density at radius 1 is 0.931 bits per heavy atom. The molecule has 1 aliphatic rings. The molecule has 0 fully saturated rings. The molecule has 0 radical (unpaired) electrons. The summed E-state index contributed by atoms with van der Waals surface area (Å²) >= 11 is 0. The fourth-order valence-electron chi connectivity index (χ4n) is 2.66. The maximum Gasteiger partial charge on any atom is 0.305 e. The summed E-state index contributed by atoms with van der Waals surface area (Å²) in [5, 5.41) is 0. The first-order valence-electron chi connectivity index (χ1n) is 8.94. The van der Waals surface area contributed by atoms with Gasteiger partial charge in [0.15, 0.2) is 17.3 Å². The van der Waals surface area contributed by atoms with Gasteiger partial charge in [-0.1, -0.05) is 30.3 Å². The number of para-hydroxylation sites is 3. The fraction of sp³-hybridized carbons (Fsp3) is 0.143. The number of rotatable bonds is 5. The van der Waals surface area contributed by atoms with Gasteiger partial charge in [0.2, 0.25) is 6.10 Å². The summed E-state index contributed by atoms with van der Waals surface area (Å²) in [7, 11) is 0. The lowest BCUT2D eigenvalue weighted by Gasteiger charge is -2.25. The second kappa shape index (κ2) is 8.39. The van der Waals surface area contributed by atoms with Gasteiger partial charge in [0, 0.05) is 0 Å². The molecule has 2 heterocycles. The van der Waals surface area contributed by atoms with Crippen LogP contribution >= 0.6 is 0 Å². The van der Waals surface area contributed by atoms with Crippen molar-refractivity contribution in [2.24, 2.45) is 0 Å². The molecule has 0 saturated carbocycles. The molecule has 29 heavy (non-hydrogen) atoms. The van der Waals surface area contributed by atoms with Crippen molar-refractivity contribution in [2.45, 2.75) is 12.7 Å². The van der Waals surface area contributed by atoms with Gasteiger partial charge in [-0.05, 0) is 36.4 Å². The normalized spacial score (nSPS) is 14.7. The lowest BCUT2D eigenvalue weighted by Crippen LogP contribution is -2.50. The highest BCUT2D eigenvalue weighted by Gasteiger charge is 2.27. The number of hydrogen-bond donors (Lipinski definition) is 2. The molecule has 1 aromatic heterocycles. The van der Waals surface area contributed by atoms with Gasteiger partial charge in [-0.15, -0.1) is 0 Å². The fourth-order valence-corrected chi connectivity index (χ4v) is 2.66. The smallest absolute Gasteiger partial charge is 0.305 e. The van der Waals surface area contributed by atoms with Crippen LogP contribution in [0, 0.1) is 0 Å². The number of nitrogens with one attached hydrogen (secondary N) is 2. The van der Waals surface area contributed by atoms with Crippen LogP contribution in [0.15, 0.2) is 71.1 Å². The molecule has 2 N–H and O–H groups in total. The predicted molar refractivity (Wildman–Crippen MR) is 101 cm³/mol. The van der Waals surface area contributed by atoms with Crippen molar-refractivity contribution in [2.75, 3.05) is 6.61 Å². The zero-order valence-corrected chi connectivity index (χ0v) is 15.3. The monoisotopic (exact) mass is 394 g/mol. The molecular weight excluding hydrogens is 376 g/mol. The van der Waals surface area contributed by atoms with Crippen molar-refractivity contribution >= 4 is 11.8 Å². The molecule has 3 aromatic rings. The lowest BCUT2D eigenvalue weighted by atomic mass is 10.2. The number of ether oxygens (including phenoxy) is 3. The second-order valence-electron chi connectivity index (χ2n) is 6.18. The van der Waals surface area contributed by atoms with E-state index in [0.717, 1.165) is 0 Å². The second-order valence-corrected chi connectivity index (χ2v) is 6.18. The molecule has 8 heteroatoms. The van der Waals surface area contributed by atoms with Crippen LogP contribution in [0.3, 0.4) is 0 Å². The molecule has 4 rings (SSSR count). The van der Waals surface area contributed by atoms with E-state index in [-0.39, 0.29) is 19.0 Å². The highest BCUT2D eigenvalue weighted by Crippen LogP contribution is 2.30. The summed E-state index contributed by atoms with van der Waals surface area (Å²) in [6, 6.07) is 19.4. The molecule has 0 spiro atoms. The van der Waals surface area contributed by atoms with Gasteiger partial charge < -0.3 is 18.6 Å². The minimum absolute atomic E-state index is 0.0421. The first-order chi connectivity index (χ1) is 14.2. The first-order valence-corrected chi connectivity index (χ1v) is 8.94. The molecular formula is C21H18N2O6. The van der Waals surface area contributed by atoms with Crippen molar-refractivity contribution < 1.29 is 28.2 Å². The zero-order chi connectivity index (χ0) is 20.1. The van der Waals surface area contributed by atoms with Crippen molar-refractivity contribution in [3.8, 4) is 17.2 Å². The van der Waals surface area contributed by atoms with Gasteiger partial charge >= 0.3 is 5.91 Å². The van der Waals surface area contributed by atoms with Crippen LogP contribution < -0.4 is 25.1 Å². The van der Waals surface area contributed by atoms with E-state index in [2.05, 4.69) is 10.9 Å². The molecule has 0 aliphatic carbocycles. The number of carbonyl (C=O) groups is 2. The number of fused-ring (bicyclic) bond motifs is 1. The molecule has 2 amide bonds. The Bertz CT molecular complexity index is 1000. The quantitative estimate of drug-likeness (QED) is 0.645. The van der Waals surface area contributed by atoms with Crippen LogP contribution in [0.5, 0.6) is 17.2 Å². The van der Waals surface area contributed by atoms with Crippen LogP contribution in [-0.4, -0.2) is 24.5 Å². The van der Waals surface area contributed by atoms with E-state index in [1.165, 1.54) is 6.07 Å². The Labute approximate surface area is 166 Å². The summed E-state index contributed by atoms with van der Waals surface area (Å²) < 4.78 is 22.1. The van der Waals surface area contributed by atoms with Crippen LogP contribution in [0.2, 0.25) is 0 Å². The standard InChI is InChI=1S/C21H18N2O6/c24-20(18-11-10-15(28-18)12-26-14-6-2-1-3-7-14)22-23-21(25)19-13-27-16-8-4-5-9-17(16)29-19/h1-11,19H,12-13H2,(H,22,24)(H,23,25). The minimum atomic E-state index is -0.878. The minimum Gasteiger partial charge on any atom is -0.486 e. The van der Waals surface area contributed by atoms with Crippen LogP contribution in [0.25, 0.3) is 0 Å². The maximum atomic E-state index is 12.2. The third-order valence-corrected chi connectivity index (χ3v) is 4.11. The van der Waals surface area contributed by atoms with E-state index in [1.807, 2.05) is 36.4 Å². The first kappa shape index (κ1) is 18.4. The Morgan fingerprint density at radius 2 is 1.69 bits per heavy atom. The van der Waals surface area contributed by atoms with Crippen LogP contribution in [0.4, 0.5) is 0 Å².